The largest absolute Gasteiger partial charge is 0.437 e. The molecule has 0 aliphatic carbocycles. The lowest BCUT2D eigenvalue weighted by atomic mass is 9.82. The van der Waals surface area contributed by atoms with E-state index in [1.807, 2.05) is 18.2 Å². The van der Waals surface area contributed by atoms with Crippen molar-refractivity contribution in [2.75, 3.05) is 31.6 Å². The predicted molar refractivity (Wildman–Crippen MR) is 146 cm³/mol. The number of anilines is 1. The summed E-state index contributed by atoms with van der Waals surface area (Å²) in [6.45, 7) is 1.75. The molecule has 0 saturated carbocycles. The first-order valence-corrected chi connectivity index (χ1v) is 13.4. The number of nitrogens with zero attached hydrogens (tertiary/aromatic N) is 2. The van der Waals surface area contributed by atoms with E-state index in [0.717, 1.165) is 5.56 Å². The molecule has 39 heavy (non-hydrogen) atoms. The highest BCUT2D eigenvalue weighted by Gasteiger charge is 2.46. The second-order valence-electron chi connectivity index (χ2n) is 10.1. The summed E-state index contributed by atoms with van der Waals surface area (Å²) in [5.41, 5.74) is 1.79. The number of fused-ring (bicyclic) bond motifs is 2. The van der Waals surface area contributed by atoms with Gasteiger partial charge in [-0.15, -0.1) is 0 Å². The van der Waals surface area contributed by atoms with E-state index in [4.69, 9.17) is 16.3 Å². The number of nitrogens with one attached hydrogen (secondary N) is 1. The van der Waals surface area contributed by atoms with Crippen molar-refractivity contribution in [1.29, 1.82) is 0 Å². The van der Waals surface area contributed by atoms with E-state index in [0.29, 0.717) is 54.3 Å². The molecule has 5 rings (SSSR count). The summed E-state index contributed by atoms with van der Waals surface area (Å²) in [4.78, 5) is 30.1. The van der Waals surface area contributed by atoms with Crippen molar-refractivity contribution in [3.63, 3.8) is 0 Å². The van der Waals surface area contributed by atoms with E-state index >= 15 is 0 Å². The Balaban J connectivity index is 1.42. The van der Waals surface area contributed by atoms with E-state index in [-0.39, 0.29) is 18.9 Å². The fourth-order valence-electron chi connectivity index (χ4n) is 5.51. The van der Waals surface area contributed by atoms with Crippen molar-refractivity contribution in [1.82, 2.24) is 10.2 Å². The summed E-state index contributed by atoms with van der Waals surface area (Å²) in [6.07, 6.45) is 0.822. The second kappa shape index (κ2) is 11.3. The first kappa shape index (κ1) is 27.1. The molecule has 2 heterocycles. The van der Waals surface area contributed by atoms with Gasteiger partial charge in [-0.05, 0) is 67.0 Å². The third-order valence-corrected chi connectivity index (χ3v) is 7.98. The van der Waals surface area contributed by atoms with Crippen molar-refractivity contribution in [3.8, 4) is 0 Å². The maximum Gasteiger partial charge on any atom is 0.415 e. The van der Waals surface area contributed by atoms with Crippen LogP contribution in [-0.2, 0) is 21.7 Å². The lowest BCUT2D eigenvalue weighted by Crippen LogP contribution is -2.51. The van der Waals surface area contributed by atoms with Crippen LogP contribution in [0.3, 0.4) is 0 Å². The van der Waals surface area contributed by atoms with Gasteiger partial charge < -0.3 is 15.0 Å². The highest BCUT2D eigenvalue weighted by molar-refractivity contribution is 6.31. The normalized spacial score (nSPS) is 16.9. The van der Waals surface area contributed by atoms with Gasteiger partial charge in [0.1, 0.15) is 17.2 Å². The summed E-state index contributed by atoms with van der Waals surface area (Å²) in [5.74, 6) is -1.66. The Morgan fingerprint density at radius 2 is 1.77 bits per heavy atom. The van der Waals surface area contributed by atoms with Gasteiger partial charge in [-0.1, -0.05) is 41.9 Å². The van der Waals surface area contributed by atoms with Crippen LogP contribution in [0.4, 0.5) is 19.3 Å². The number of carbonyl (C=O) groups excluding carboxylic acids is 2. The topological polar surface area (TPSA) is 61.9 Å². The van der Waals surface area contributed by atoms with Crippen LogP contribution in [0.15, 0.2) is 66.7 Å². The summed E-state index contributed by atoms with van der Waals surface area (Å²) in [7, 11) is 1.69. The molecule has 1 spiro atoms. The van der Waals surface area contributed by atoms with Crippen molar-refractivity contribution in [2.45, 2.75) is 37.3 Å². The third kappa shape index (κ3) is 5.63. The zero-order valence-corrected chi connectivity index (χ0v) is 22.4. The van der Waals surface area contributed by atoms with Crippen molar-refractivity contribution in [3.05, 3.63) is 100 Å². The molecule has 0 aromatic heterocycles. The van der Waals surface area contributed by atoms with Crippen LogP contribution in [0.5, 0.6) is 0 Å². The zero-order valence-electron chi connectivity index (χ0n) is 21.6. The number of carbonyl (C=O) groups is 2. The fraction of sp³-hybridized carbons (Fsp3) is 0.333. The average Bonchev–Trinajstić information content (AvgIpc) is 2.93. The van der Waals surface area contributed by atoms with Crippen LogP contribution in [0, 0.1) is 11.6 Å². The molecule has 9 heteroatoms. The predicted octanol–water partition coefficient (Wildman–Crippen LogP) is 5.99. The molecule has 3 aromatic carbocycles. The van der Waals surface area contributed by atoms with Crippen LogP contribution in [0.2, 0.25) is 5.02 Å². The van der Waals surface area contributed by atoms with Gasteiger partial charge in [-0.3, -0.25) is 9.69 Å². The molecular weight excluding hydrogens is 524 g/mol. The summed E-state index contributed by atoms with van der Waals surface area (Å²) in [5, 5.41) is 3.82. The maximum atomic E-state index is 14.4. The molecule has 1 unspecified atom stereocenters. The van der Waals surface area contributed by atoms with Gasteiger partial charge in [0, 0.05) is 43.6 Å². The maximum absolute atomic E-state index is 14.4. The van der Waals surface area contributed by atoms with E-state index in [1.54, 1.807) is 36.2 Å². The summed E-state index contributed by atoms with van der Waals surface area (Å²) < 4.78 is 34.1. The number of piperidine rings is 1. The lowest BCUT2D eigenvalue weighted by molar-refractivity contribution is -0.132. The lowest BCUT2D eigenvalue weighted by Gasteiger charge is -2.45. The number of benzene rings is 3. The van der Waals surface area contributed by atoms with Crippen LogP contribution in [0.25, 0.3) is 0 Å². The highest BCUT2D eigenvalue weighted by Crippen LogP contribution is 2.45. The fourth-order valence-corrected chi connectivity index (χ4v) is 5.71. The first-order valence-electron chi connectivity index (χ1n) is 13.0. The average molecular weight is 554 g/mol. The molecular formula is C30H30ClF2N3O3. The Morgan fingerprint density at radius 1 is 1.08 bits per heavy atom. The molecule has 0 bridgehead atoms. The van der Waals surface area contributed by atoms with E-state index in [9.17, 15) is 18.4 Å². The quantitative estimate of drug-likeness (QED) is 0.391. The molecule has 6 nitrogen and oxygen atoms in total. The number of hydrogen-bond donors (Lipinski definition) is 1. The molecule has 1 atom stereocenters. The Hall–Kier alpha value is -3.49. The van der Waals surface area contributed by atoms with E-state index in [2.05, 4.69) is 5.32 Å². The minimum atomic E-state index is -0.877. The number of rotatable bonds is 7. The van der Waals surface area contributed by atoms with Gasteiger partial charge in [0.25, 0.3) is 0 Å². The van der Waals surface area contributed by atoms with Gasteiger partial charge in [0.05, 0.1) is 11.6 Å². The molecule has 1 saturated heterocycles. The third-order valence-electron chi connectivity index (χ3n) is 7.61. The number of halogens is 3. The van der Waals surface area contributed by atoms with Crippen LogP contribution in [-0.4, -0.2) is 43.6 Å². The Kier molecular flexibility index (Phi) is 7.86. The van der Waals surface area contributed by atoms with Crippen molar-refractivity contribution >= 4 is 29.3 Å². The molecule has 2 aliphatic rings. The summed E-state index contributed by atoms with van der Waals surface area (Å²) in [6, 6.07) is 17.5. The van der Waals surface area contributed by atoms with Gasteiger partial charge in [0.15, 0.2) is 0 Å². The highest BCUT2D eigenvalue weighted by atomic mass is 35.5. The summed E-state index contributed by atoms with van der Waals surface area (Å²) >= 11 is 6.32. The van der Waals surface area contributed by atoms with Crippen LogP contribution < -0.4 is 10.2 Å². The van der Waals surface area contributed by atoms with Gasteiger partial charge in [-0.2, -0.15) is 0 Å². The van der Waals surface area contributed by atoms with Gasteiger partial charge >= 0.3 is 6.09 Å². The Labute approximate surface area is 231 Å². The molecule has 2 aliphatic heterocycles. The number of amides is 2. The monoisotopic (exact) mass is 553 g/mol. The van der Waals surface area contributed by atoms with Crippen LogP contribution >= 0.6 is 11.6 Å². The van der Waals surface area contributed by atoms with Crippen LogP contribution in [0.1, 0.15) is 41.9 Å². The Bertz CT molecular complexity index is 1360. The second-order valence-corrected chi connectivity index (χ2v) is 10.5. The molecule has 1 fully saturated rings. The minimum absolute atomic E-state index is 0.152. The van der Waals surface area contributed by atoms with Crippen molar-refractivity contribution in [2.24, 2.45) is 0 Å². The molecule has 3 aromatic rings. The molecule has 2 amide bonds. The van der Waals surface area contributed by atoms with Gasteiger partial charge in [-0.25, -0.2) is 13.6 Å². The first-order chi connectivity index (χ1) is 18.8. The van der Waals surface area contributed by atoms with Gasteiger partial charge in [0.2, 0.25) is 5.91 Å². The van der Waals surface area contributed by atoms with Crippen molar-refractivity contribution < 1.29 is 23.1 Å². The molecule has 204 valence electrons. The SMILES string of the molecule is CN(Cc1ccccc1Cl)C(=O)C(CCN1C(=O)OC2(CCNCC2)c2cc(F)ccc21)c1ccc(F)cc1. The minimum Gasteiger partial charge on any atom is -0.437 e. The Morgan fingerprint density at radius 3 is 2.49 bits per heavy atom. The smallest absolute Gasteiger partial charge is 0.415 e. The number of likely N-dealkylation sites (N-methyl/N-ethyl adjacent to an activating group) is 1. The van der Waals surface area contributed by atoms with E-state index in [1.165, 1.54) is 29.2 Å². The standard InChI is InChI=1S/C30H30ClF2N3O3/c1-35(19-21-4-2-3-5-26(21)31)28(37)24(20-6-8-22(32)9-7-20)12-17-36-27-11-10-23(33)18-25(27)30(39-29(36)38)13-15-34-16-14-30/h2-11,18,24,34H,12-17,19H2,1H3. The van der Waals surface area contributed by atoms with E-state index < -0.39 is 29.2 Å². The molecule has 0 radical (unpaired) electrons. The molecule has 1 N–H and O–H groups in total. The number of hydrogen-bond acceptors (Lipinski definition) is 4. The number of ether oxygens (including phenoxy) is 1. The zero-order chi connectivity index (χ0) is 27.6.